The molecule has 0 saturated heterocycles. The van der Waals surface area contributed by atoms with Crippen molar-refractivity contribution < 1.29 is 9.21 Å². The Kier molecular flexibility index (Phi) is 7.16. The zero-order valence-corrected chi connectivity index (χ0v) is 21.3. The number of amides is 1. The average molecular weight is 518 g/mol. The third-order valence-electron chi connectivity index (χ3n) is 6.00. The fourth-order valence-corrected chi connectivity index (χ4v) is 5.15. The Bertz CT molecular complexity index is 1800. The highest BCUT2D eigenvalue weighted by Crippen LogP contribution is 2.22. The number of carbonyl (C=O) groups excluding carboxylic acids is 1. The molecular formula is C31H23N3O3S. The van der Waals surface area contributed by atoms with E-state index in [1.165, 1.54) is 4.57 Å². The van der Waals surface area contributed by atoms with Gasteiger partial charge < -0.3 is 9.73 Å². The minimum Gasteiger partial charge on any atom is -0.457 e. The molecule has 5 rings (SSSR count). The maximum Gasteiger partial charge on any atom is 0.273 e. The van der Waals surface area contributed by atoms with E-state index in [9.17, 15) is 14.9 Å². The number of hydrogen-bond donors (Lipinski definition) is 1. The Hall–Kier alpha value is -4.93. The van der Waals surface area contributed by atoms with E-state index in [0.29, 0.717) is 21.7 Å². The van der Waals surface area contributed by atoms with Gasteiger partial charge in [0.1, 0.15) is 22.3 Å². The summed E-state index contributed by atoms with van der Waals surface area (Å²) in [5, 5.41) is 12.9. The molecule has 1 atom stereocenters. The van der Waals surface area contributed by atoms with Gasteiger partial charge in [-0.3, -0.25) is 14.2 Å². The Morgan fingerprint density at radius 3 is 2.24 bits per heavy atom. The van der Waals surface area contributed by atoms with Crippen LogP contribution in [-0.2, 0) is 4.79 Å². The molecule has 2 heterocycles. The zero-order valence-electron chi connectivity index (χ0n) is 20.5. The van der Waals surface area contributed by atoms with Crippen molar-refractivity contribution in [2.45, 2.75) is 13.0 Å². The highest BCUT2D eigenvalue weighted by Gasteiger charge is 2.19. The summed E-state index contributed by atoms with van der Waals surface area (Å²) in [4.78, 5) is 26.9. The fourth-order valence-electron chi connectivity index (χ4n) is 4.07. The van der Waals surface area contributed by atoms with Crippen LogP contribution < -0.4 is 20.1 Å². The van der Waals surface area contributed by atoms with Gasteiger partial charge in [0.25, 0.3) is 11.5 Å². The lowest BCUT2D eigenvalue weighted by molar-refractivity contribution is -0.116. The molecule has 6 nitrogen and oxygen atoms in total. The van der Waals surface area contributed by atoms with Crippen LogP contribution in [0.4, 0.5) is 0 Å². The molecule has 0 bridgehead atoms. The summed E-state index contributed by atoms with van der Waals surface area (Å²) >= 11 is 1.08. The van der Waals surface area contributed by atoms with Crippen molar-refractivity contribution in [3.63, 3.8) is 0 Å². The summed E-state index contributed by atoms with van der Waals surface area (Å²) in [5.41, 5.74) is 1.91. The van der Waals surface area contributed by atoms with E-state index in [2.05, 4.69) is 5.32 Å². The second kappa shape index (κ2) is 11.0. The molecule has 0 aliphatic carbocycles. The lowest BCUT2D eigenvalue weighted by Crippen LogP contribution is -2.34. The van der Waals surface area contributed by atoms with Crippen molar-refractivity contribution in [1.82, 2.24) is 9.88 Å². The van der Waals surface area contributed by atoms with Crippen LogP contribution in [0.15, 0.2) is 112 Å². The smallest absolute Gasteiger partial charge is 0.273 e. The predicted octanol–water partition coefficient (Wildman–Crippen LogP) is 4.54. The van der Waals surface area contributed by atoms with Crippen molar-refractivity contribution >= 4 is 28.9 Å². The van der Waals surface area contributed by atoms with E-state index in [1.807, 2.05) is 85.8 Å². The van der Waals surface area contributed by atoms with Crippen LogP contribution in [-0.4, -0.2) is 10.5 Å². The highest BCUT2D eigenvalue weighted by atomic mass is 32.1. The van der Waals surface area contributed by atoms with Crippen LogP contribution in [0, 0.1) is 11.3 Å². The van der Waals surface area contributed by atoms with Gasteiger partial charge in [-0.2, -0.15) is 5.26 Å². The number of aromatic nitrogens is 1. The molecule has 1 N–H and O–H groups in total. The van der Waals surface area contributed by atoms with Gasteiger partial charge in [-0.15, -0.1) is 11.3 Å². The predicted molar refractivity (Wildman–Crippen MR) is 149 cm³/mol. The highest BCUT2D eigenvalue weighted by molar-refractivity contribution is 7.07. The number of benzene rings is 3. The first kappa shape index (κ1) is 24.8. The maximum absolute atomic E-state index is 13.6. The summed E-state index contributed by atoms with van der Waals surface area (Å²) in [6.45, 7) is 1.85. The van der Waals surface area contributed by atoms with Crippen LogP contribution in [0.5, 0.6) is 0 Å². The SMILES string of the molecule is C[C@@H](NC(=O)/C(C#N)=c1\s/c(=C/c2ccc(-c3ccccc3)o2)c(=O)n1-c1ccccc1)c1ccccc1. The van der Waals surface area contributed by atoms with Gasteiger partial charge in [0.15, 0.2) is 5.57 Å². The molecule has 0 fully saturated rings. The number of thiazole rings is 1. The van der Waals surface area contributed by atoms with Crippen LogP contribution >= 0.6 is 11.3 Å². The molecule has 0 saturated carbocycles. The monoisotopic (exact) mass is 517 g/mol. The maximum atomic E-state index is 13.6. The van der Waals surface area contributed by atoms with Crippen LogP contribution in [0.2, 0.25) is 0 Å². The Morgan fingerprint density at radius 2 is 1.58 bits per heavy atom. The van der Waals surface area contributed by atoms with Gasteiger partial charge in [0, 0.05) is 11.6 Å². The van der Waals surface area contributed by atoms with E-state index < -0.39 is 5.91 Å². The molecule has 38 heavy (non-hydrogen) atoms. The second-order valence-corrected chi connectivity index (χ2v) is 9.58. The first-order valence-corrected chi connectivity index (χ1v) is 12.8. The topological polar surface area (TPSA) is 88.0 Å². The van der Waals surface area contributed by atoms with Gasteiger partial charge in [0.05, 0.1) is 16.3 Å². The van der Waals surface area contributed by atoms with E-state index >= 15 is 0 Å². The van der Waals surface area contributed by atoms with Crippen molar-refractivity contribution in [3.8, 4) is 23.1 Å². The average Bonchev–Trinajstić information content (AvgIpc) is 3.55. The number of nitriles is 1. The molecule has 0 aliphatic heterocycles. The molecule has 0 radical (unpaired) electrons. The molecule has 5 aromatic rings. The summed E-state index contributed by atoms with van der Waals surface area (Å²) in [6.07, 6.45) is 1.64. The molecule has 0 aliphatic rings. The number of rotatable bonds is 6. The van der Waals surface area contributed by atoms with Gasteiger partial charge in [-0.1, -0.05) is 78.9 Å². The molecule has 186 valence electrons. The fraction of sp³-hybridized carbons (Fsp3) is 0.0645. The van der Waals surface area contributed by atoms with E-state index in [1.54, 1.807) is 36.4 Å². The van der Waals surface area contributed by atoms with E-state index in [-0.39, 0.29) is 21.8 Å². The Balaban J connectivity index is 1.63. The number of furan rings is 1. The van der Waals surface area contributed by atoms with Crippen LogP contribution in [0.3, 0.4) is 0 Å². The lowest BCUT2D eigenvalue weighted by Gasteiger charge is -2.13. The zero-order chi connectivity index (χ0) is 26.5. The number of para-hydroxylation sites is 1. The molecule has 1 amide bonds. The molecule has 0 spiro atoms. The summed E-state index contributed by atoms with van der Waals surface area (Å²) in [5.74, 6) is 0.621. The van der Waals surface area contributed by atoms with Crippen molar-refractivity contribution in [3.05, 3.63) is 134 Å². The molecule has 7 heteroatoms. The molecular weight excluding hydrogens is 494 g/mol. The first-order chi connectivity index (χ1) is 18.5. The minimum absolute atomic E-state index is 0.136. The Labute approximate surface area is 223 Å². The number of nitrogens with zero attached hydrogens (tertiary/aromatic N) is 2. The Morgan fingerprint density at radius 1 is 0.947 bits per heavy atom. The summed E-state index contributed by atoms with van der Waals surface area (Å²) in [6, 6.07) is 33.5. The summed E-state index contributed by atoms with van der Waals surface area (Å²) in [7, 11) is 0. The number of carbonyl (C=O) groups is 1. The second-order valence-electron chi connectivity index (χ2n) is 8.55. The van der Waals surface area contributed by atoms with Crippen molar-refractivity contribution in [2.75, 3.05) is 0 Å². The van der Waals surface area contributed by atoms with Gasteiger partial charge >= 0.3 is 0 Å². The van der Waals surface area contributed by atoms with Crippen molar-refractivity contribution in [1.29, 1.82) is 5.26 Å². The third-order valence-corrected chi connectivity index (χ3v) is 7.09. The van der Waals surface area contributed by atoms with Crippen molar-refractivity contribution in [2.24, 2.45) is 0 Å². The normalized spacial score (nSPS) is 13.0. The van der Waals surface area contributed by atoms with E-state index in [0.717, 1.165) is 22.5 Å². The van der Waals surface area contributed by atoms with Crippen LogP contribution in [0.25, 0.3) is 28.7 Å². The molecule has 2 aromatic heterocycles. The largest absolute Gasteiger partial charge is 0.457 e. The van der Waals surface area contributed by atoms with E-state index in [4.69, 9.17) is 4.42 Å². The van der Waals surface area contributed by atoms with Gasteiger partial charge in [-0.25, -0.2) is 0 Å². The molecule has 3 aromatic carbocycles. The number of nitrogens with one attached hydrogen (secondary N) is 1. The lowest BCUT2D eigenvalue weighted by atomic mass is 10.1. The third kappa shape index (κ3) is 5.12. The van der Waals surface area contributed by atoms with Crippen LogP contribution in [0.1, 0.15) is 24.3 Å². The minimum atomic E-state index is -0.550. The van der Waals surface area contributed by atoms with Gasteiger partial charge in [-0.05, 0) is 36.8 Å². The first-order valence-electron chi connectivity index (χ1n) is 12.0. The summed E-state index contributed by atoms with van der Waals surface area (Å²) < 4.78 is 7.97. The van der Waals surface area contributed by atoms with Gasteiger partial charge in [0.2, 0.25) is 0 Å². The quantitative estimate of drug-likeness (QED) is 0.358. The molecule has 0 unspecified atom stereocenters. The number of hydrogen-bond acceptors (Lipinski definition) is 5. The standard InChI is InChI=1S/C31H23N3O3S/c1-21(22-11-5-2-6-12-22)33-29(35)26(20-32)31-34(24-15-9-4-10-16-24)30(36)28(38-31)19-25-17-18-27(37-25)23-13-7-3-8-14-23/h2-19,21H,1H3,(H,33,35)/b28-19+,31-26-/t21-/m1/s1.